The lowest BCUT2D eigenvalue weighted by Gasteiger charge is -2.05. The van der Waals surface area contributed by atoms with Gasteiger partial charge in [-0.25, -0.2) is 0 Å². The van der Waals surface area contributed by atoms with Crippen molar-refractivity contribution in [3.63, 3.8) is 0 Å². The first-order valence-electron chi connectivity index (χ1n) is 3.73. The van der Waals surface area contributed by atoms with Crippen LogP contribution < -0.4 is 0 Å². The highest BCUT2D eigenvalue weighted by Crippen LogP contribution is 2.17. The van der Waals surface area contributed by atoms with Crippen LogP contribution >= 0.6 is 0 Å². The summed E-state index contributed by atoms with van der Waals surface area (Å²) >= 11 is 0. The highest BCUT2D eigenvalue weighted by atomic mass is 16.6. The van der Waals surface area contributed by atoms with Crippen LogP contribution in [0.3, 0.4) is 0 Å². The number of aliphatic hydroxyl groups is 2. The maximum absolute atomic E-state index is 9.20. The maximum atomic E-state index is 9.20. The zero-order valence-electron chi connectivity index (χ0n) is 5.99. The zero-order valence-corrected chi connectivity index (χ0v) is 5.99. The normalized spacial score (nSPS) is 26.4. The van der Waals surface area contributed by atoms with E-state index in [-0.39, 0.29) is 12.7 Å². The van der Waals surface area contributed by atoms with Crippen molar-refractivity contribution in [2.24, 2.45) is 0 Å². The number of epoxide rings is 1. The van der Waals surface area contributed by atoms with Crippen LogP contribution in [0.1, 0.15) is 19.3 Å². The fourth-order valence-electron chi connectivity index (χ4n) is 0.952. The molecule has 0 radical (unpaired) electrons. The molecule has 10 heavy (non-hydrogen) atoms. The second-order valence-corrected chi connectivity index (χ2v) is 2.71. The SMILES string of the molecule is OCCCC(O)CC1CO1. The van der Waals surface area contributed by atoms with Crippen LogP contribution in [-0.2, 0) is 4.74 Å². The molecule has 1 aliphatic rings. The van der Waals surface area contributed by atoms with Crippen LogP contribution in [0.15, 0.2) is 0 Å². The van der Waals surface area contributed by atoms with Gasteiger partial charge in [0.2, 0.25) is 0 Å². The van der Waals surface area contributed by atoms with Gasteiger partial charge in [0.05, 0.1) is 18.8 Å². The third-order valence-electron chi connectivity index (χ3n) is 1.63. The van der Waals surface area contributed by atoms with Crippen LogP contribution in [0.5, 0.6) is 0 Å². The Balaban J connectivity index is 1.91. The smallest absolute Gasteiger partial charge is 0.0834 e. The highest BCUT2D eigenvalue weighted by Gasteiger charge is 2.25. The van der Waals surface area contributed by atoms with Crippen molar-refractivity contribution in [1.29, 1.82) is 0 Å². The predicted octanol–water partition coefficient (Wildman–Crippen LogP) is -0.0913. The van der Waals surface area contributed by atoms with Crippen LogP contribution in [0.2, 0.25) is 0 Å². The largest absolute Gasteiger partial charge is 0.396 e. The van der Waals surface area contributed by atoms with E-state index in [9.17, 15) is 5.11 Å². The molecule has 0 saturated carbocycles. The first-order valence-corrected chi connectivity index (χ1v) is 3.73. The Kier molecular flexibility index (Phi) is 3.12. The van der Waals surface area contributed by atoms with Crippen molar-refractivity contribution in [1.82, 2.24) is 0 Å². The number of hydrogen-bond acceptors (Lipinski definition) is 3. The van der Waals surface area contributed by atoms with E-state index in [1.165, 1.54) is 0 Å². The number of rotatable bonds is 5. The van der Waals surface area contributed by atoms with Gasteiger partial charge in [0.1, 0.15) is 0 Å². The van der Waals surface area contributed by atoms with E-state index < -0.39 is 0 Å². The average molecular weight is 146 g/mol. The van der Waals surface area contributed by atoms with Gasteiger partial charge in [0, 0.05) is 13.0 Å². The molecule has 0 spiro atoms. The lowest BCUT2D eigenvalue weighted by Crippen LogP contribution is -2.10. The Bertz CT molecular complexity index is 90.9. The Morgan fingerprint density at radius 3 is 2.80 bits per heavy atom. The third kappa shape index (κ3) is 3.15. The van der Waals surface area contributed by atoms with Crippen LogP contribution in [0.4, 0.5) is 0 Å². The summed E-state index contributed by atoms with van der Waals surface area (Å²) in [7, 11) is 0. The summed E-state index contributed by atoms with van der Waals surface area (Å²) < 4.78 is 4.94. The van der Waals surface area contributed by atoms with Gasteiger partial charge in [-0.05, 0) is 12.8 Å². The average Bonchev–Trinajstić information content (AvgIpc) is 2.67. The molecule has 0 aromatic rings. The summed E-state index contributed by atoms with van der Waals surface area (Å²) in [5.41, 5.74) is 0. The highest BCUT2D eigenvalue weighted by molar-refractivity contribution is 4.73. The van der Waals surface area contributed by atoms with Gasteiger partial charge < -0.3 is 14.9 Å². The molecule has 2 N–H and O–H groups in total. The fourth-order valence-corrected chi connectivity index (χ4v) is 0.952. The van der Waals surface area contributed by atoms with Crippen molar-refractivity contribution < 1.29 is 14.9 Å². The topological polar surface area (TPSA) is 53.0 Å². The van der Waals surface area contributed by atoms with Crippen LogP contribution in [0.25, 0.3) is 0 Å². The summed E-state index contributed by atoms with van der Waals surface area (Å²) in [6.45, 7) is 0.971. The lowest BCUT2D eigenvalue weighted by atomic mass is 10.1. The summed E-state index contributed by atoms with van der Waals surface area (Å²) in [6, 6.07) is 0. The lowest BCUT2D eigenvalue weighted by molar-refractivity contribution is 0.131. The molecule has 1 saturated heterocycles. The van der Waals surface area contributed by atoms with Gasteiger partial charge >= 0.3 is 0 Å². The van der Waals surface area contributed by atoms with Gasteiger partial charge in [-0.15, -0.1) is 0 Å². The van der Waals surface area contributed by atoms with E-state index in [0.717, 1.165) is 13.0 Å². The number of hydrogen-bond donors (Lipinski definition) is 2. The molecule has 1 rings (SSSR count). The molecule has 0 amide bonds. The van der Waals surface area contributed by atoms with Gasteiger partial charge in [-0.2, -0.15) is 0 Å². The zero-order chi connectivity index (χ0) is 7.40. The van der Waals surface area contributed by atoms with E-state index in [2.05, 4.69) is 0 Å². The third-order valence-corrected chi connectivity index (χ3v) is 1.63. The second kappa shape index (κ2) is 3.91. The molecule has 2 unspecified atom stereocenters. The molecular weight excluding hydrogens is 132 g/mol. The quantitative estimate of drug-likeness (QED) is 0.533. The van der Waals surface area contributed by atoms with E-state index in [1.54, 1.807) is 0 Å². The molecule has 3 heteroatoms. The predicted molar refractivity (Wildman–Crippen MR) is 36.7 cm³/mol. The van der Waals surface area contributed by atoms with Gasteiger partial charge in [0.15, 0.2) is 0 Å². The van der Waals surface area contributed by atoms with E-state index >= 15 is 0 Å². The van der Waals surface area contributed by atoms with Gasteiger partial charge in [0.25, 0.3) is 0 Å². The first kappa shape index (κ1) is 7.98. The van der Waals surface area contributed by atoms with E-state index in [4.69, 9.17) is 9.84 Å². The van der Waals surface area contributed by atoms with Crippen molar-refractivity contribution in [2.75, 3.05) is 13.2 Å². The fraction of sp³-hybridized carbons (Fsp3) is 1.00. The molecule has 0 aromatic heterocycles. The van der Waals surface area contributed by atoms with Gasteiger partial charge in [-0.3, -0.25) is 0 Å². The Labute approximate surface area is 60.6 Å². The minimum atomic E-state index is -0.278. The number of aliphatic hydroxyl groups excluding tert-OH is 2. The molecule has 0 bridgehead atoms. The van der Waals surface area contributed by atoms with Gasteiger partial charge in [-0.1, -0.05) is 0 Å². The van der Waals surface area contributed by atoms with Crippen molar-refractivity contribution in [3.8, 4) is 0 Å². The Morgan fingerprint density at radius 2 is 2.30 bits per heavy atom. The van der Waals surface area contributed by atoms with E-state index in [1.807, 2.05) is 0 Å². The minimum Gasteiger partial charge on any atom is -0.396 e. The monoisotopic (exact) mass is 146 g/mol. The first-order chi connectivity index (χ1) is 4.83. The maximum Gasteiger partial charge on any atom is 0.0834 e. The Hall–Kier alpha value is -0.120. The van der Waals surface area contributed by atoms with Crippen molar-refractivity contribution in [3.05, 3.63) is 0 Å². The molecule has 2 atom stereocenters. The summed E-state index contributed by atoms with van der Waals surface area (Å²) in [6.07, 6.45) is 2.14. The Morgan fingerprint density at radius 1 is 1.60 bits per heavy atom. The van der Waals surface area contributed by atoms with Crippen LogP contribution in [-0.4, -0.2) is 35.6 Å². The number of ether oxygens (including phenoxy) is 1. The summed E-state index contributed by atoms with van der Waals surface area (Å²) in [4.78, 5) is 0. The molecule has 3 nitrogen and oxygen atoms in total. The van der Waals surface area contributed by atoms with Crippen molar-refractivity contribution in [2.45, 2.75) is 31.5 Å². The minimum absolute atomic E-state index is 0.169. The van der Waals surface area contributed by atoms with E-state index in [0.29, 0.717) is 18.9 Å². The van der Waals surface area contributed by atoms with Crippen LogP contribution in [0, 0.1) is 0 Å². The molecule has 1 fully saturated rings. The molecule has 1 heterocycles. The molecule has 0 aromatic carbocycles. The molecule has 0 aliphatic carbocycles. The second-order valence-electron chi connectivity index (χ2n) is 2.71. The molecular formula is C7H14O3. The van der Waals surface area contributed by atoms with Crippen molar-refractivity contribution >= 4 is 0 Å². The molecule has 60 valence electrons. The molecule has 1 aliphatic heterocycles. The summed E-state index contributed by atoms with van der Waals surface area (Å²) in [5, 5.41) is 17.6. The standard InChI is InChI=1S/C7H14O3/c8-3-1-2-6(9)4-7-5-10-7/h6-9H,1-5H2. The summed E-state index contributed by atoms with van der Waals surface area (Å²) in [5.74, 6) is 0.